The lowest BCUT2D eigenvalue weighted by Crippen LogP contribution is -2.18. The minimum absolute atomic E-state index is 0.417. The zero-order valence-electron chi connectivity index (χ0n) is 12.1. The van der Waals surface area contributed by atoms with Gasteiger partial charge in [0.25, 0.3) is 0 Å². The molecule has 0 amide bonds. The van der Waals surface area contributed by atoms with Crippen molar-refractivity contribution in [2.45, 2.75) is 26.5 Å². The monoisotopic (exact) mass is 302 g/mol. The molecule has 0 aliphatic carbocycles. The maximum absolute atomic E-state index is 9.46. The first-order chi connectivity index (χ1) is 10.1. The van der Waals surface area contributed by atoms with Crippen molar-refractivity contribution in [2.75, 3.05) is 11.9 Å². The summed E-state index contributed by atoms with van der Waals surface area (Å²) in [6.07, 6.45) is -0.417. The second kappa shape index (κ2) is 5.83. The molecule has 0 aliphatic heterocycles. The Bertz CT molecular complexity index is 747. The highest BCUT2D eigenvalue weighted by Gasteiger charge is 2.12. The maximum Gasteiger partial charge on any atom is 0.204 e. The van der Waals surface area contributed by atoms with Gasteiger partial charge in [-0.3, -0.25) is 0 Å². The van der Waals surface area contributed by atoms with Gasteiger partial charge in [-0.25, -0.2) is 9.97 Å². The van der Waals surface area contributed by atoms with Crippen LogP contribution in [0.4, 0.5) is 5.95 Å². The number of rotatable bonds is 5. The molecular weight excluding hydrogens is 284 g/mol. The molecule has 0 bridgehead atoms. The Kier molecular flexibility index (Phi) is 3.90. The van der Waals surface area contributed by atoms with E-state index in [9.17, 15) is 5.11 Å². The fraction of sp³-hybridized carbons (Fsp3) is 0.333. The molecule has 0 radical (unpaired) electrons. The third-order valence-electron chi connectivity index (χ3n) is 3.20. The van der Waals surface area contributed by atoms with Crippen LogP contribution < -0.4 is 5.32 Å². The number of anilines is 1. The zero-order valence-corrected chi connectivity index (χ0v) is 12.9. The fourth-order valence-electron chi connectivity index (χ4n) is 2.25. The van der Waals surface area contributed by atoms with Crippen LogP contribution in [-0.4, -0.2) is 32.3 Å². The van der Waals surface area contributed by atoms with Crippen molar-refractivity contribution in [3.8, 4) is 0 Å². The molecule has 2 N–H and O–H groups in total. The number of aliphatic hydroxyl groups is 1. The zero-order chi connectivity index (χ0) is 14.8. The average Bonchev–Trinajstić information content (AvgIpc) is 3.01. The van der Waals surface area contributed by atoms with Crippen LogP contribution in [0.1, 0.15) is 17.6 Å². The molecule has 0 spiro atoms. The van der Waals surface area contributed by atoms with Crippen molar-refractivity contribution in [3.63, 3.8) is 0 Å². The highest BCUT2D eigenvalue weighted by Crippen LogP contribution is 2.21. The standard InChI is InChI=1S/C15H18N4OS/c1-10(20)7-16-15-18-13-5-3-4-6-14(13)19(15)8-12-9-21-11(2)17-12/h3-6,9-10,20H,7-8H2,1-2H3,(H,16,18). The first-order valence-corrected chi connectivity index (χ1v) is 7.79. The second-order valence-electron chi connectivity index (χ2n) is 5.10. The SMILES string of the molecule is Cc1nc(Cn2c(NCC(C)O)nc3ccccc32)cs1. The Labute approximate surface area is 127 Å². The molecule has 2 heterocycles. The quantitative estimate of drug-likeness (QED) is 0.760. The van der Waals surface area contributed by atoms with Gasteiger partial charge in [-0.15, -0.1) is 11.3 Å². The van der Waals surface area contributed by atoms with Crippen LogP contribution in [0.15, 0.2) is 29.6 Å². The Balaban J connectivity index is 1.98. The predicted molar refractivity (Wildman–Crippen MR) is 85.9 cm³/mol. The summed E-state index contributed by atoms with van der Waals surface area (Å²) in [4.78, 5) is 9.13. The number of hydrogen-bond donors (Lipinski definition) is 2. The average molecular weight is 302 g/mol. The Morgan fingerprint density at radius 3 is 2.86 bits per heavy atom. The number of nitrogens with zero attached hydrogens (tertiary/aromatic N) is 3. The van der Waals surface area contributed by atoms with Crippen molar-refractivity contribution in [2.24, 2.45) is 0 Å². The molecule has 2 aromatic heterocycles. The molecule has 110 valence electrons. The summed E-state index contributed by atoms with van der Waals surface area (Å²) in [5.41, 5.74) is 3.04. The van der Waals surface area contributed by atoms with Gasteiger partial charge in [0.1, 0.15) is 0 Å². The first-order valence-electron chi connectivity index (χ1n) is 6.91. The summed E-state index contributed by atoms with van der Waals surface area (Å²) in [5, 5.41) is 15.8. The first kappa shape index (κ1) is 14.0. The van der Waals surface area contributed by atoms with Gasteiger partial charge in [0, 0.05) is 11.9 Å². The van der Waals surface area contributed by atoms with E-state index in [4.69, 9.17) is 0 Å². The van der Waals surface area contributed by atoms with E-state index in [0.29, 0.717) is 13.1 Å². The second-order valence-corrected chi connectivity index (χ2v) is 6.16. The van der Waals surface area contributed by atoms with Gasteiger partial charge in [0.2, 0.25) is 5.95 Å². The van der Waals surface area contributed by atoms with E-state index < -0.39 is 6.10 Å². The molecule has 3 rings (SSSR count). The summed E-state index contributed by atoms with van der Waals surface area (Å²) in [7, 11) is 0. The highest BCUT2D eigenvalue weighted by molar-refractivity contribution is 7.09. The smallest absolute Gasteiger partial charge is 0.204 e. The molecule has 1 unspecified atom stereocenters. The molecule has 3 aromatic rings. The molecule has 1 atom stereocenters. The molecule has 6 heteroatoms. The molecular formula is C15H18N4OS. The molecule has 0 aliphatic rings. The lowest BCUT2D eigenvalue weighted by atomic mass is 10.3. The summed E-state index contributed by atoms with van der Waals surface area (Å²) in [5.74, 6) is 0.766. The molecule has 0 fully saturated rings. The van der Waals surface area contributed by atoms with Crippen molar-refractivity contribution in [1.82, 2.24) is 14.5 Å². The Hall–Kier alpha value is -1.92. The minimum atomic E-state index is -0.417. The fourth-order valence-corrected chi connectivity index (χ4v) is 2.86. The summed E-state index contributed by atoms with van der Waals surface area (Å²) in [6.45, 7) is 4.91. The van der Waals surface area contributed by atoms with Gasteiger partial charge in [-0.05, 0) is 26.0 Å². The molecule has 0 saturated heterocycles. The van der Waals surface area contributed by atoms with Crippen molar-refractivity contribution >= 4 is 28.3 Å². The van der Waals surface area contributed by atoms with Crippen LogP contribution >= 0.6 is 11.3 Å². The predicted octanol–water partition coefficient (Wildman–Crippen LogP) is 2.64. The number of nitrogens with one attached hydrogen (secondary N) is 1. The molecule has 0 saturated carbocycles. The van der Waals surface area contributed by atoms with Gasteiger partial charge >= 0.3 is 0 Å². The van der Waals surface area contributed by atoms with Crippen LogP contribution in [0.25, 0.3) is 11.0 Å². The van der Waals surface area contributed by atoms with Crippen LogP contribution in [0, 0.1) is 6.92 Å². The number of benzene rings is 1. The van der Waals surface area contributed by atoms with Gasteiger partial charge in [-0.2, -0.15) is 0 Å². The van der Waals surface area contributed by atoms with Crippen LogP contribution in [0.3, 0.4) is 0 Å². The number of aromatic nitrogens is 3. The van der Waals surface area contributed by atoms with Gasteiger partial charge in [-0.1, -0.05) is 12.1 Å². The lowest BCUT2D eigenvalue weighted by Gasteiger charge is -2.10. The van der Waals surface area contributed by atoms with Gasteiger partial charge in [0.15, 0.2) is 0 Å². The van der Waals surface area contributed by atoms with Crippen LogP contribution in [0.2, 0.25) is 0 Å². The summed E-state index contributed by atoms with van der Waals surface area (Å²) in [6, 6.07) is 8.02. The van der Waals surface area contributed by atoms with E-state index in [1.165, 1.54) is 0 Å². The van der Waals surface area contributed by atoms with Crippen molar-refractivity contribution < 1.29 is 5.11 Å². The number of aliphatic hydroxyl groups excluding tert-OH is 1. The number of fused-ring (bicyclic) bond motifs is 1. The minimum Gasteiger partial charge on any atom is -0.392 e. The largest absolute Gasteiger partial charge is 0.392 e. The van der Waals surface area contributed by atoms with E-state index >= 15 is 0 Å². The Morgan fingerprint density at radius 2 is 2.14 bits per heavy atom. The molecule has 21 heavy (non-hydrogen) atoms. The van der Waals surface area contributed by atoms with Crippen molar-refractivity contribution in [3.05, 3.63) is 40.3 Å². The van der Waals surface area contributed by atoms with Gasteiger partial charge < -0.3 is 15.0 Å². The number of hydrogen-bond acceptors (Lipinski definition) is 5. The third kappa shape index (κ3) is 3.06. The van der Waals surface area contributed by atoms with Gasteiger partial charge in [0.05, 0.1) is 34.4 Å². The molecule has 1 aromatic carbocycles. The van der Waals surface area contributed by atoms with E-state index in [2.05, 4.69) is 31.3 Å². The molecule has 5 nitrogen and oxygen atoms in total. The van der Waals surface area contributed by atoms with E-state index in [-0.39, 0.29) is 0 Å². The third-order valence-corrected chi connectivity index (χ3v) is 4.02. The van der Waals surface area contributed by atoms with Crippen molar-refractivity contribution in [1.29, 1.82) is 0 Å². The van der Waals surface area contributed by atoms with E-state index in [1.807, 2.05) is 25.1 Å². The summed E-state index contributed by atoms with van der Waals surface area (Å²) >= 11 is 1.65. The number of para-hydroxylation sites is 2. The van der Waals surface area contributed by atoms with E-state index in [1.54, 1.807) is 18.3 Å². The highest BCUT2D eigenvalue weighted by atomic mass is 32.1. The number of thiazole rings is 1. The summed E-state index contributed by atoms with van der Waals surface area (Å²) < 4.78 is 2.10. The maximum atomic E-state index is 9.46. The van der Waals surface area contributed by atoms with E-state index in [0.717, 1.165) is 27.7 Å². The normalized spacial score (nSPS) is 12.7. The van der Waals surface area contributed by atoms with Crippen LogP contribution in [0.5, 0.6) is 0 Å². The Morgan fingerprint density at radius 1 is 1.33 bits per heavy atom. The van der Waals surface area contributed by atoms with Crippen LogP contribution in [-0.2, 0) is 6.54 Å². The number of aryl methyl sites for hydroxylation is 1. The topological polar surface area (TPSA) is 63.0 Å². The number of imidazole rings is 1. The lowest BCUT2D eigenvalue weighted by molar-refractivity contribution is 0.208.